The van der Waals surface area contributed by atoms with Crippen molar-refractivity contribution in [2.75, 3.05) is 0 Å². The van der Waals surface area contributed by atoms with Crippen LogP contribution in [-0.2, 0) is 9.31 Å². The second-order valence-corrected chi connectivity index (χ2v) is 7.40. The molecule has 1 aliphatic carbocycles. The van der Waals surface area contributed by atoms with Gasteiger partial charge in [0.25, 0.3) is 0 Å². The average Bonchev–Trinajstić information content (AvgIpc) is 2.69. The Morgan fingerprint density at radius 2 is 1.68 bits per heavy atom. The van der Waals surface area contributed by atoms with Crippen molar-refractivity contribution < 1.29 is 14.0 Å². The zero-order valence-electron chi connectivity index (χ0n) is 14.1. The highest BCUT2D eigenvalue weighted by atomic mass is 16.7. The fourth-order valence-electron chi connectivity index (χ4n) is 2.93. The summed E-state index contributed by atoms with van der Waals surface area (Å²) in [6.45, 7) is 8.23. The summed E-state index contributed by atoms with van der Waals surface area (Å²) < 4.78 is 18.0. The molecule has 5 heteroatoms. The third-order valence-electron chi connectivity index (χ3n) is 5.12. The van der Waals surface area contributed by atoms with Gasteiger partial charge in [-0.1, -0.05) is 12.5 Å². The molecule has 2 aliphatic rings. The maximum absolute atomic E-state index is 6.04. The predicted molar refractivity (Wildman–Crippen MR) is 87.5 cm³/mol. The van der Waals surface area contributed by atoms with Crippen LogP contribution in [0.5, 0.6) is 5.88 Å². The van der Waals surface area contributed by atoms with Crippen LogP contribution < -0.4 is 10.2 Å². The molecular formula is C17H26BNO3. The number of ether oxygens (including phenoxy) is 1. The van der Waals surface area contributed by atoms with Gasteiger partial charge in [-0.3, -0.25) is 0 Å². The van der Waals surface area contributed by atoms with Gasteiger partial charge >= 0.3 is 7.12 Å². The molecule has 2 heterocycles. The lowest BCUT2D eigenvalue weighted by Crippen LogP contribution is -2.41. The fourth-order valence-corrected chi connectivity index (χ4v) is 2.93. The van der Waals surface area contributed by atoms with Gasteiger partial charge in [0.1, 0.15) is 6.10 Å². The molecule has 120 valence electrons. The third kappa shape index (κ3) is 3.16. The number of hydrogen-bond donors (Lipinski definition) is 0. The molecule has 1 saturated carbocycles. The zero-order chi connectivity index (χ0) is 15.8. The Hall–Kier alpha value is -1.07. The van der Waals surface area contributed by atoms with E-state index in [4.69, 9.17) is 14.0 Å². The number of hydrogen-bond acceptors (Lipinski definition) is 4. The van der Waals surface area contributed by atoms with E-state index in [1.165, 1.54) is 19.3 Å². The van der Waals surface area contributed by atoms with Crippen molar-refractivity contribution in [1.82, 2.24) is 4.98 Å². The average molecular weight is 303 g/mol. The molecule has 4 nitrogen and oxygen atoms in total. The molecule has 0 radical (unpaired) electrons. The summed E-state index contributed by atoms with van der Waals surface area (Å²) in [4.78, 5) is 4.43. The standard InChI is InChI=1S/C17H26BNO3/c1-16(2)17(3,4)22-18(21-16)13-10-11-15(19-12-13)20-14-8-6-5-7-9-14/h10-12,14H,5-9H2,1-4H3. The van der Waals surface area contributed by atoms with Crippen molar-refractivity contribution in [3.05, 3.63) is 18.3 Å². The molecule has 0 amide bonds. The monoisotopic (exact) mass is 303 g/mol. The second kappa shape index (κ2) is 5.86. The molecule has 0 unspecified atom stereocenters. The SMILES string of the molecule is CC1(C)OB(c2ccc(OC3CCCCC3)nc2)OC1(C)C. The molecule has 1 aliphatic heterocycles. The maximum Gasteiger partial charge on any atom is 0.496 e. The van der Waals surface area contributed by atoms with E-state index in [1.54, 1.807) is 6.20 Å². The first-order chi connectivity index (χ1) is 10.4. The second-order valence-electron chi connectivity index (χ2n) is 7.40. The molecule has 2 fully saturated rings. The molecule has 0 spiro atoms. The highest BCUT2D eigenvalue weighted by Gasteiger charge is 2.51. The summed E-state index contributed by atoms with van der Waals surface area (Å²) >= 11 is 0. The first-order valence-electron chi connectivity index (χ1n) is 8.36. The Bertz CT molecular complexity index is 493. The minimum Gasteiger partial charge on any atom is -0.474 e. The molecule has 22 heavy (non-hydrogen) atoms. The Kier molecular flexibility index (Phi) is 4.21. The Labute approximate surface area is 133 Å². The molecule has 0 N–H and O–H groups in total. The first-order valence-corrected chi connectivity index (χ1v) is 8.36. The predicted octanol–water partition coefficient (Wildman–Crippen LogP) is 3.09. The van der Waals surface area contributed by atoms with Crippen LogP contribution >= 0.6 is 0 Å². The lowest BCUT2D eigenvalue weighted by molar-refractivity contribution is 0.00578. The molecule has 0 atom stereocenters. The van der Waals surface area contributed by atoms with Crippen LogP contribution in [0.1, 0.15) is 59.8 Å². The van der Waals surface area contributed by atoms with E-state index in [1.807, 2.05) is 12.1 Å². The smallest absolute Gasteiger partial charge is 0.474 e. The van der Waals surface area contributed by atoms with Crippen molar-refractivity contribution in [3.8, 4) is 5.88 Å². The maximum atomic E-state index is 6.04. The van der Waals surface area contributed by atoms with Crippen molar-refractivity contribution in [2.24, 2.45) is 0 Å². The molecule has 0 aromatic carbocycles. The minimum atomic E-state index is -0.360. The van der Waals surface area contributed by atoms with Crippen LogP contribution in [-0.4, -0.2) is 29.4 Å². The summed E-state index contributed by atoms with van der Waals surface area (Å²) in [7, 11) is -0.360. The van der Waals surface area contributed by atoms with Gasteiger partial charge in [-0.25, -0.2) is 4.98 Å². The Morgan fingerprint density at radius 1 is 1.05 bits per heavy atom. The van der Waals surface area contributed by atoms with E-state index in [-0.39, 0.29) is 18.3 Å². The van der Waals surface area contributed by atoms with Crippen LogP contribution in [0.15, 0.2) is 18.3 Å². The van der Waals surface area contributed by atoms with Gasteiger partial charge in [0.15, 0.2) is 0 Å². The van der Waals surface area contributed by atoms with Gasteiger partial charge in [0, 0.05) is 11.7 Å². The normalized spacial score (nSPS) is 24.5. The minimum absolute atomic E-state index is 0.323. The number of nitrogens with zero attached hydrogens (tertiary/aromatic N) is 1. The molecule has 1 aromatic rings. The van der Waals surface area contributed by atoms with Gasteiger partial charge in [-0.2, -0.15) is 0 Å². The summed E-state index contributed by atoms with van der Waals surface area (Å²) in [5.74, 6) is 0.701. The lowest BCUT2D eigenvalue weighted by Gasteiger charge is -2.32. The van der Waals surface area contributed by atoms with Crippen LogP contribution in [0, 0.1) is 0 Å². The van der Waals surface area contributed by atoms with Gasteiger partial charge in [-0.05, 0) is 59.4 Å². The van der Waals surface area contributed by atoms with Crippen molar-refractivity contribution >= 4 is 12.6 Å². The van der Waals surface area contributed by atoms with E-state index in [9.17, 15) is 0 Å². The molecule has 1 aromatic heterocycles. The van der Waals surface area contributed by atoms with Crippen molar-refractivity contribution in [2.45, 2.75) is 77.1 Å². The highest BCUT2D eigenvalue weighted by molar-refractivity contribution is 6.62. The van der Waals surface area contributed by atoms with Crippen LogP contribution in [0.3, 0.4) is 0 Å². The van der Waals surface area contributed by atoms with E-state index < -0.39 is 0 Å². The van der Waals surface area contributed by atoms with Crippen LogP contribution in [0.2, 0.25) is 0 Å². The van der Waals surface area contributed by atoms with E-state index >= 15 is 0 Å². The summed E-state index contributed by atoms with van der Waals surface area (Å²) in [6, 6.07) is 3.92. The summed E-state index contributed by atoms with van der Waals surface area (Å²) in [5.41, 5.74) is 0.291. The lowest BCUT2D eigenvalue weighted by atomic mass is 9.80. The van der Waals surface area contributed by atoms with Crippen LogP contribution in [0.4, 0.5) is 0 Å². The molecular weight excluding hydrogens is 277 g/mol. The van der Waals surface area contributed by atoms with Gasteiger partial charge in [-0.15, -0.1) is 0 Å². The van der Waals surface area contributed by atoms with Crippen molar-refractivity contribution in [3.63, 3.8) is 0 Å². The quantitative estimate of drug-likeness (QED) is 0.805. The van der Waals surface area contributed by atoms with Gasteiger partial charge < -0.3 is 14.0 Å². The first kappa shape index (κ1) is 15.8. The van der Waals surface area contributed by atoms with Gasteiger partial charge in [0.2, 0.25) is 5.88 Å². The zero-order valence-corrected chi connectivity index (χ0v) is 14.1. The Balaban J connectivity index is 1.65. The summed E-state index contributed by atoms with van der Waals surface area (Å²) in [5, 5.41) is 0. The molecule has 0 bridgehead atoms. The highest BCUT2D eigenvalue weighted by Crippen LogP contribution is 2.36. The third-order valence-corrected chi connectivity index (χ3v) is 5.12. The van der Waals surface area contributed by atoms with E-state index in [0.29, 0.717) is 12.0 Å². The number of pyridine rings is 1. The number of aromatic nitrogens is 1. The fraction of sp³-hybridized carbons (Fsp3) is 0.706. The van der Waals surface area contributed by atoms with E-state index in [0.717, 1.165) is 18.3 Å². The molecule has 3 rings (SSSR count). The Morgan fingerprint density at radius 3 is 2.23 bits per heavy atom. The largest absolute Gasteiger partial charge is 0.496 e. The number of rotatable bonds is 3. The van der Waals surface area contributed by atoms with Crippen LogP contribution in [0.25, 0.3) is 0 Å². The topological polar surface area (TPSA) is 40.6 Å². The molecule has 1 saturated heterocycles. The van der Waals surface area contributed by atoms with E-state index in [2.05, 4.69) is 32.7 Å². The summed E-state index contributed by atoms with van der Waals surface area (Å²) in [6.07, 6.45) is 8.26. The van der Waals surface area contributed by atoms with Crippen molar-refractivity contribution in [1.29, 1.82) is 0 Å². The van der Waals surface area contributed by atoms with Gasteiger partial charge in [0.05, 0.1) is 11.2 Å².